The van der Waals surface area contributed by atoms with Gasteiger partial charge in [0.2, 0.25) is 5.91 Å². The smallest absolute Gasteiger partial charge is 0.263 e. The lowest BCUT2D eigenvalue weighted by Gasteiger charge is -2.32. The van der Waals surface area contributed by atoms with E-state index in [9.17, 15) is 4.79 Å². The number of aryl methyl sites for hydroxylation is 1. The Balaban J connectivity index is 1.21. The van der Waals surface area contributed by atoms with Crippen LogP contribution in [-0.4, -0.2) is 60.0 Å². The molecule has 1 aliphatic carbocycles. The minimum absolute atomic E-state index is 0.0606. The number of ether oxygens (including phenoxy) is 1. The number of anilines is 1. The van der Waals surface area contributed by atoms with Crippen molar-refractivity contribution in [2.75, 3.05) is 38.1 Å². The minimum atomic E-state index is 0.0606. The Labute approximate surface area is 203 Å². The summed E-state index contributed by atoms with van der Waals surface area (Å²) in [5.74, 6) is 2.25. The Hall–Kier alpha value is -2.67. The fraction of sp³-hybridized carbons (Fsp3) is 0.593. The summed E-state index contributed by atoms with van der Waals surface area (Å²) >= 11 is 0. The van der Waals surface area contributed by atoms with Gasteiger partial charge in [0, 0.05) is 44.0 Å². The molecule has 2 aliphatic rings. The number of hydrogen-bond donors (Lipinski definition) is 1. The lowest BCUT2D eigenvalue weighted by atomic mass is 9.94. The predicted molar refractivity (Wildman–Crippen MR) is 135 cm³/mol. The van der Waals surface area contributed by atoms with Crippen molar-refractivity contribution in [2.24, 2.45) is 5.92 Å². The fourth-order valence-electron chi connectivity index (χ4n) is 5.07. The third-order valence-electron chi connectivity index (χ3n) is 7.23. The average Bonchev–Trinajstić information content (AvgIpc) is 2.88. The largest absolute Gasteiger partial charge is 0.436 e. The lowest BCUT2D eigenvalue weighted by molar-refractivity contribution is -0.125. The number of hydrogen-bond acceptors (Lipinski definition) is 6. The highest BCUT2D eigenvalue weighted by molar-refractivity contribution is 5.79. The molecule has 1 aromatic carbocycles. The molecule has 2 fully saturated rings. The molecule has 1 aliphatic heterocycles. The van der Waals surface area contributed by atoms with E-state index >= 15 is 0 Å². The Morgan fingerprint density at radius 2 is 1.76 bits per heavy atom. The zero-order chi connectivity index (χ0) is 23.8. The van der Waals surface area contributed by atoms with Gasteiger partial charge in [-0.25, -0.2) is 9.97 Å². The summed E-state index contributed by atoms with van der Waals surface area (Å²) in [5.41, 5.74) is 1.18. The molecule has 7 nitrogen and oxygen atoms in total. The number of nitrogens with zero attached hydrogens (tertiary/aromatic N) is 4. The van der Waals surface area contributed by atoms with E-state index in [0.29, 0.717) is 5.88 Å². The number of aromatic nitrogens is 2. The standard InChI is InChI=1S/C27H39N5O2/c1-21-9-11-24(12-10-21)34-27-25(28-16-17-30-27)32-19-13-22(14-20-32)26(33)29-15-6-18-31(2)23-7-4-3-5-8-23/h9-12,16-17,22-23H,3-8,13-15,18-20H2,1-2H3,(H,29,33). The van der Waals surface area contributed by atoms with Gasteiger partial charge in [-0.1, -0.05) is 37.0 Å². The zero-order valence-electron chi connectivity index (χ0n) is 20.7. The number of carbonyl (C=O) groups is 1. The van der Waals surface area contributed by atoms with Crippen molar-refractivity contribution >= 4 is 11.7 Å². The van der Waals surface area contributed by atoms with E-state index in [-0.39, 0.29) is 11.8 Å². The second-order valence-corrected chi connectivity index (χ2v) is 9.78. The van der Waals surface area contributed by atoms with Crippen LogP contribution in [0.15, 0.2) is 36.7 Å². The number of amides is 1. The Morgan fingerprint density at radius 3 is 2.50 bits per heavy atom. The summed E-state index contributed by atoms with van der Waals surface area (Å²) in [7, 11) is 2.23. The van der Waals surface area contributed by atoms with Crippen LogP contribution >= 0.6 is 0 Å². The van der Waals surface area contributed by atoms with E-state index in [2.05, 4.69) is 32.1 Å². The highest BCUT2D eigenvalue weighted by atomic mass is 16.5. The maximum Gasteiger partial charge on any atom is 0.263 e. The molecule has 1 aromatic heterocycles. The van der Waals surface area contributed by atoms with Crippen LogP contribution < -0.4 is 15.0 Å². The molecular weight excluding hydrogens is 426 g/mol. The average molecular weight is 466 g/mol. The molecule has 34 heavy (non-hydrogen) atoms. The number of piperidine rings is 1. The second kappa shape index (κ2) is 12.2. The molecule has 184 valence electrons. The fourth-order valence-corrected chi connectivity index (χ4v) is 5.07. The van der Waals surface area contributed by atoms with Crippen molar-refractivity contribution in [3.63, 3.8) is 0 Å². The first-order valence-electron chi connectivity index (χ1n) is 12.9. The molecule has 0 atom stereocenters. The molecule has 2 heterocycles. The Bertz CT molecular complexity index is 905. The third-order valence-corrected chi connectivity index (χ3v) is 7.23. The van der Waals surface area contributed by atoms with Crippen LogP contribution in [0, 0.1) is 12.8 Å². The maximum atomic E-state index is 12.7. The highest BCUT2D eigenvalue weighted by Crippen LogP contribution is 2.31. The van der Waals surface area contributed by atoms with Gasteiger partial charge in [0.1, 0.15) is 5.75 Å². The molecule has 1 saturated carbocycles. The molecular formula is C27H39N5O2. The minimum Gasteiger partial charge on any atom is -0.436 e. The number of benzene rings is 1. The van der Waals surface area contributed by atoms with Crippen LogP contribution in [0.1, 0.15) is 56.9 Å². The van der Waals surface area contributed by atoms with E-state index in [4.69, 9.17) is 4.74 Å². The molecule has 0 spiro atoms. The number of carbonyl (C=O) groups excluding carboxylic acids is 1. The summed E-state index contributed by atoms with van der Waals surface area (Å²) in [4.78, 5) is 26.3. The summed E-state index contributed by atoms with van der Waals surface area (Å²) in [6.45, 7) is 5.40. The Kier molecular flexibility index (Phi) is 8.74. The van der Waals surface area contributed by atoms with E-state index in [1.807, 2.05) is 31.2 Å². The first-order chi connectivity index (χ1) is 16.6. The topological polar surface area (TPSA) is 70.6 Å². The van der Waals surface area contributed by atoms with Gasteiger partial charge < -0.3 is 19.9 Å². The van der Waals surface area contributed by atoms with Gasteiger partial charge in [0.15, 0.2) is 5.82 Å². The van der Waals surface area contributed by atoms with E-state index in [1.54, 1.807) is 12.4 Å². The molecule has 7 heteroatoms. The van der Waals surface area contributed by atoms with Crippen molar-refractivity contribution in [3.05, 3.63) is 42.2 Å². The first-order valence-corrected chi connectivity index (χ1v) is 12.9. The van der Waals surface area contributed by atoms with Gasteiger partial charge in [-0.3, -0.25) is 4.79 Å². The van der Waals surface area contributed by atoms with E-state index < -0.39 is 0 Å². The van der Waals surface area contributed by atoms with Crippen LogP contribution in [0.5, 0.6) is 11.6 Å². The van der Waals surface area contributed by atoms with Gasteiger partial charge in [-0.05, 0) is 64.8 Å². The maximum absolute atomic E-state index is 12.7. The zero-order valence-corrected chi connectivity index (χ0v) is 20.7. The molecule has 0 bridgehead atoms. The SMILES string of the molecule is Cc1ccc(Oc2nccnc2N2CCC(C(=O)NCCCN(C)C3CCCCC3)CC2)cc1. The monoisotopic (exact) mass is 465 g/mol. The van der Waals surface area contributed by atoms with Crippen molar-refractivity contribution in [3.8, 4) is 11.6 Å². The van der Waals surface area contributed by atoms with Gasteiger partial charge in [-0.15, -0.1) is 0 Å². The number of rotatable bonds is 9. The van der Waals surface area contributed by atoms with Crippen molar-refractivity contribution in [1.29, 1.82) is 0 Å². The molecule has 0 unspecified atom stereocenters. The van der Waals surface area contributed by atoms with Crippen LogP contribution in [-0.2, 0) is 4.79 Å². The van der Waals surface area contributed by atoms with Gasteiger partial charge in [-0.2, -0.15) is 0 Å². The van der Waals surface area contributed by atoms with Crippen LogP contribution in [0.2, 0.25) is 0 Å². The van der Waals surface area contributed by atoms with Gasteiger partial charge in [0.25, 0.3) is 5.88 Å². The summed E-state index contributed by atoms with van der Waals surface area (Å²) in [6, 6.07) is 8.65. The van der Waals surface area contributed by atoms with Crippen molar-refractivity contribution < 1.29 is 9.53 Å². The van der Waals surface area contributed by atoms with Crippen LogP contribution in [0.25, 0.3) is 0 Å². The van der Waals surface area contributed by atoms with E-state index in [1.165, 1.54) is 37.7 Å². The normalized spacial score (nSPS) is 17.7. The van der Waals surface area contributed by atoms with Crippen LogP contribution in [0.4, 0.5) is 5.82 Å². The predicted octanol–water partition coefficient (Wildman–Crippen LogP) is 4.56. The molecule has 1 amide bonds. The first kappa shape index (κ1) is 24.5. The number of nitrogens with one attached hydrogen (secondary N) is 1. The Morgan fingerprint density at radius 1 is 1.06 bits per heavy atom. The lowest BCUT2D eigenvalue weighted by Crippen LogP contribution is -2.42. The second-order valence-electron chi connectivity index (χ2n) is 9.78. The summed E-state index contributed by atoms with van der Waals surface area (Å²) in [5, 5.41) is 3.18. The van der Waals surface area contributed by atoms with Crippen LogP contribution in [0.3, 0.4) is 0 Å². The molecule has 4 rings (SSSR count). The van der Waals surface area contributed by atoms with Gasteiger partial charge >= 0.3 is 0 Å². The molecule has 0 radical (unpaired) electrons. The molecule has 1 saturated heterocycles. The quantitative estimate of drug-likeness (QED) is 0.547. The summed E-state index contributed by atoms with van der Waals surface area (Å²) < 4.78 is 6.02. The van der Waals surface area contributed by atoms with Crippen molar-refractivity contribution in [2.45, 2.75) is 64.3 Å². The third kappa shape index (κ3) is 6.69. The van der Waals surface area contributed by atoms with Crippen molar-refractivity contribution in [1.82, 2.24) is 20.2 Å². The molecule has 1 N–H and O–H groups in total. The highest BCUT2D eigenvalue weighted by Gasteiger charge is 2.27. The summed E-state index contributed by atoms with van der Waals surface area (Å²) in [6.07, 6.45) is 12.7. The van der Waals surface area contributed by atoms with E-state index in [0.717, 1.165) is 63.1 Å². The molecule has 2 aromatic rings. The van der Waals surface area contributed by atoms with Gasteiger partial charge in [0.05, 0.1) is 0 Å².